The van der Waals surface area contributed by atoms with Gasteiger partial charge in [0, 0.05) is 24.7 Å². The van der Waals surface area contributed by atoms with Gasteiger partial charge in [-0.2, -0.15) is 0 Å². The summed E-state index contributed by atoms with van der Waals surface area (Å²) in [5.41, 5.74) is 2.53. The Morgan fingerprint density at radius 2 is 1.91 bits per heavy atom. The van der Waals surface area contributed by atoms with Crippen molar-refractivity contribution in [3.63, 3.8) is 0 Å². The minimum absolute atomic E-state index is 0.241. The van der Waals surface area contributed by atoms with E-state index in [1.807, 2.05) is 12.1 Å². The van der Waals surface area contributed by atoms with E-state index in [0.717, 1.165) is 30.8 Å². The summed E-state index contributed by atoms with van der Waals surface area (Å²) in [6, 6.07) is 5.64. The Labute approximate surface area is 132 Å². The molecule has 0 unspecified atom stereocenters. The molecule has 0 N–H and O–H groups in total. The second-order valence-corrected chi connectivity index (χ2v) is 7.14. The van der Waals surface area contributed by atoms with Crippen molar-refractivity contribution in [3.8, 4) is 0 Å². The quantitative estimate of drug-likeness (QED) is 0.636. The van der Waals surface area contributed by atoms with Crippen LogP contribution in [0.2, 0.25) is 0 Å². The summed E-state index contributed by atoms with van der Waals surface area (Å²) in [4.78, 5) is 15.7. The molecule has 0 bridgehead atoms. The molecule has 22 heavy (non-hydrogen) atoms. The number of benzene rings is 1. The number of likely N-dealkylation sites (tertiary alicyclic amines) is 2. The zero-order valence-corrected chi connectivity index (χ0v) is 13.5. The molecule has 2 heterocycles. The molecule has 0 aliphatic carbocycles. The van der Waals surface area contributed by atoms with Gasteiger partial charge in [-0.05, 0) is 63.8 Å². The molecule has 1 spiro atoms. The van der Waals surface area contributed by atoms with Gasteiger partial charge >= 0.3 is 0 Å². The first-order valence-electron chi connectivity index (χ1n) is 8.12. The van der Waals surface area contributed by atoms with Crippen molar-refractivity contribution in [2.24, 2.45) is 5.41 Å². The van der Waals surface area contributed by atoms with Crippen LogP contribution in [-0.2, 0) is 6.54 Å². The monoisotopic (exact) mass is 303 g/mol. The number of aryl methyl sites for hydroxylation is 1. The second-order valence-electron chi connectivity index (χ2n) is 7.14. The van der Waals surface area contributed by atoms with Gasteiger partial charge in [-0.15, -0.1) is 0 Å². The van der Waals surface area contributed by atoms with Crippen LogP contribution in [0.3, 0.4) is 0 Å². The zero-order valence-electron chi connectivity index (χ0n) is 13.5. The molecule has 1 aromatic rings. The fraction of sp³-hybridized carbons (Fsp3) is 0.647. The van der Waals surface area contributed by atoms with Crippen LogP contribution in [0.15, 0.2) is 18.2 Å². The largest absolute Gasteiger partial charge is 0.306 e. The number of rotatable bonds is 3. The maximum absolute atomic E-state index is 11.1. The van der Waals surface area contributed by atoms with E-state index >= 15 is 0 Å². The molecule has 0 saturated carbocycles. The van der Waals surface area contributed by atoms with Crippen molar-refractivity contribution < 1.29 is 4.92 Å². The van der Waals surface area contributed by atoms with Crippen molar-refractivity contribution >= 4 is 5.69 Å². The lowest BCUT2D eigenvalue weighted by molar-refractivity contribution is -0.385. The maximum Gasteiger partial charge on any atom is 0.272 e. The summed E-state index contributed by atoms with van der Waals surface area (Å²) in [5.74, 6) is 0. The van der Waals surface area contributed by atoms with Gasteiger partial charge in [-0.25, -0.2) is 0 Å². The van der Waals surface area contributed by atoms with Crippen molar-refractivity contribution in [1.29, 1.82) is 0 Å². The molecule has 2 aliphatic heterocycles. The van der Waals surface area contributed by atoms with Crippen molar-refractivity contribution in [2.75, 3.05) is 33.2 Å². The van der Waals surface area contributed by atoms with E-state index in [9.17, 15) is 10.1 Å². The standard InChI is InChI=1S/C17H25N3O2/c1-14-3-4-15(11-16(14)20(21)22)12-19-10-7-17(13-19)5-8-18(2)9-6-17/h3-4,11H,5-10,12-13H2,1-2H3. The van der Waals surface area contributed by atoms with Crippen LogP contribution in [0, 0.1) is 22.5 Å². The van der Waals surface area contributed by atoms with E-state index in [-0.39, 0.29) is 10.6 Å². The highest BCUT2D eigenvalue weighted by atomic mass is 16.6. The minimum atomic E-state index is -0.277. The van der Waals surface area contributed by atoms with Gasteiger partial charge in [0.1, 0.15) is 0 Å². The second kappa shape index (κ2) is 5.97. The topological polar surface area (TPSA) is 49.6 Å². The van der Waals surface area contributed by atoms with Crippen LogP contribution < -0.4 is 0 Å². The Morgan fingerprint density at radius 3 is 2.59 bits per heavy atom. The van der Waals surface area contributed by atoms with Gasteiger partial charge in [-0.3, -0.25) is 15.0 Å². The molecule has 5 heteroatoms. The Hall–Kier alpha value is -1.46. The first-order valence-corrected chi connectivity index (χ1v) is 8.12. The third-order valence-electron chi connectivity index (χ3n) is 5.44. The molecule has 2 aliphatic rings. The highest BCUT2D eigenvalue weighted by Gasteiger charge is 2.39. The van der Waals surface area contributed by atoms with Crippen LogP contribution >= 0.6 is 0 Å². The van der Waals surface area contributed by atoms with Crippen molar-refractivity contribution in [3.05, 3.63) is 39.4 Å². The Balaban J connectivity index is 1.65. The smallest absolute Gasteiger partial charge is 0.272 e. The van der Waals surface area contributed by atoms with E-state index in [1.54, 1.807) is 13.0 Å². The molecular weight excluding hydrogens is 278 g/mol. The van der Waals surface area contributed by atoms with E-state index < -0.39 is 0 Å². The lowest BCUT2D eigenvalue weighted by Crippen LogP contribution is -2.39. The molecule has 1 aromatic carbocycles. The molecule has 120 valence electrons. The number of nitrogens with zero attached hydrogens (tertiary/aromatic N) is 3. The SMILES string of the molecule is Cc1ccc(CN2CCC3(CCN(C)CC3)C2)cc1[N+](=O)[O-]. The lowest BCUT2D eigenvalue weighted by Gasteiger charge is -2.37. The van der Waals surface area contributed by atoms with Gasteiger partial charge < -0.3 is 4.90 Å². The fourth-order valence-electron chi connectivity index (χ4n) is 3.87. The van der Waals surface area contributed by atoms with E-state index in [2.05, 4.69) is 16.8 Å². The molecule has 0 radical (unpaired) electrons. The first-order chi connectivity index (χ1) is 10.5. The molecule has 3 rings (SSSR count). The number of piperidine rings is 1. The summed E-state index contributed by atoms with van der Waals surface area (Å²) in [6.07, 6.45) is 3.84. The first kappa shape index (κ1) is 15.4. The van der Waals surface area contributed by atoms with Gasteiger partial charge in [0.25, 0.3) is 5.69 Å². The molecule has 0 aromatic heterocycles. The summed E-state index contributed by atoms with van der Waals surface area (Å²) in [7, 11) is 2.20. The van der Waals surface area contributed by atoms with Gasteiger partial charge in [0.2, 0.25) is 0 Å². The molecule has 2 fully saturated rings. The summed E-state index contributed by atoms with van der Waals surface area (Å²) >= 11 is 0. The van der Waals surface area contributed by atoms with E-state index in [0.29, 0.717) is 5.41 Å². The average Bonchev–Trinajstić information content (AvgIpc) is 2.87. The van der Waals surface area contributed by atoms with Crippen LogP contribution in [0.4, 0.5) is 5.69 Å². The van der Waals surface area contributed by atoms with Crippen LogP contribution in [0.1, 0.15) is 30.4 Å². The number of hydrogen-bond acceptors (Lipinski definition) is 4. The molecule has 0 atom stereocenters. The van der Waals surface area contributed by atoms with Gasteiger partial charge in [-0.1, -0.05) is 12.1 Å². The van der Waals surface area contributed by atoms with Gasteiger partial charge in [0.05, 0.1) is 4.92 Å². The molecule has 2 saturated heterocycles. The Kier molecular flexibility index (Phi) is 4.19. The third-order valence-corrected chi connectivity index (χ3v) is 5.44. The normalized spacial score (nSPS) is 22.3. The third kappa shape index (κ3) is 3.15. The highest BCUT2D eigenvalue weighted by molar-refractivity contribution is 5.42. The average molecular weight is 303 g/mol. The number of hydrogen-bond donors (Lipinski definition) is 0. The predicted octanol–water partition coefficient (Wildman–Crippen LogP) is 2.82. The van der Waals surface area contributed by atoms with Gasteiger partial charge in [0.15, 0.2) is 0 Å². The van der Waals surface area contributed by atoms with E-state index in [1.165, 1.54) is 32.4 Å². The molecule has 0 amide bonds. The maximum atomic E-state index is 11.1. The number of nitro benzene ring substituents is 1. The summed E-state index contributed by atoms with van der Waals surface area (Å²) < 4.78 is 0. The van der Waals surface area contributed by atoms with Crippen LogP contribution in [0.5, 0.6) is 0 Å². The minimum Gasteiger partial charge on any atom is -0.306 e. The Morgan fingerprint density at radius 1 is 1.23 bits per heavy atom. The van der Waals surface area contributed by atoms with Crippen molar-refractivity contribution in [2.45, 2.75) is 32.7 Å². The Bertz CT molecular complexity index is 565. The molecular formula is C17H25N3O2. The van der Waals surface area contributed by atoms with Crippen LogP contribution in [0.25, 0.3) is 0 Å². The highest BCUT2D eigenvalue weighted by Crippen LogP contribution is 2.40. The summed E-state index contributed by atoms with van der Waals surface area (Å²) in [6.45, 7) is 7.28. The fourth-order valence-corrected chi connectivity index (χ4v) is 3.87. The van der Waals surface area contributed by atoms with E-state index in [4.69, 9.17) is 0 Å². The predicted molar refractivity (Wildman–Crippen MR) is 86.9 cm³/mol. The van der Waals surface area contributed by atoms with Crippen molar-refractivity contribution in [1.82, 2.24) is 9.80 Å². The van der Waals surface area contributed by atoms with Crippen LogP contribution in [-0.4, -0.2) is 47.9 Å². The zero-order chi connectivity index (χ0) is 15.7. The summed E-state index contributed by atoms with van der Waals surface area (Å²) in [5, 5.41) is 11.1. The number of nitro groups is 1. The lowest BCUT2D eigenvalue weighted by atomic mass is 9.78. The molecule has 5 nitrogen and oxygen atoms in total.